The van der Waals surface area contributed by atoms with Gasteiger partial charge < -0.3 is 9.88 Å². The Bertz CT molecular complexity index is 756. The summed E-state index contributed by atoms with van der Waals surface area (Å²) < 4.78 is 2.27. The molecule has 4 heterocycles. The lowest BCUT2D eigenvalue weighted by molar-refractivity contribution is 0.392. The van der Waals surface area contributed by atoms with Crippen molar-refractivity contribution >= 4 is 16.8 Å². The highest BCUT2D eigenvalue weighted by atomic mass is 15.1. The minimum atomic E-state index is 0.556. The van der Waals surface area contributed by atoms with Crippen molar-refractivity contribution in [2.24, 2.45) is 5.92 Å². The summed E-state index contributed by atoms with van der Waals surface area (Å²) in [6.45, 7) is 4.57. The Labute approximate surface area is 117 Å². The number of imidazole rings is 1. The fraction of sp³-hybridized carbons (Fsp3) is 0.467. The van der Waals surface area contributed by atoms with Crippen molar-refractivity contribution in [1.82, 2.24) is 24.3 Å². The zero-order valence-corrected chi connectivity index (χ0v) is 11.9. The second kappa shape index (κ2) is 4.31. The van der Waals surface area contributed by atoms with Gasteiger partial charge in [0.05, 0.1) is 11.7 Å². The molecule has 20 heavy (non-hydrogen) atoms. The van der Waals surface area contributed by atoms with Gasteiger partial charge in [-0.05, 0) is 19.0 Å². The first-order valence-electron chi connectivity index (χ1n) is 7.26. The van der Waals surface area contributed by atoms with Gasteiger partial charge in [0.25, 0.3) is 0 Å². The first-order valence-corrected chi connectivity index (χ1v) is 7.26. The summed E-state index contributed by atoms with van der Waals surface area (Å²) in [5, 5.41) is 0. The Morgan fingerprint density at radius 1 is 1.30 bits per heavy atom. The first-order chi connectivity index (χ1) is 9.78. The summed E-state index contributed by atoms with van der Waals surface area (Å²) >= 11 is 0. The van der Waals surface area contributed by atoms with Crippen LogP contribution in [0.3, 0.4) is 0 Å². The Balaban J connectivity index is 1.93. The predicted molar refractivity (Wildman–Crippen MR) is 78.9 cm³/mol. The molecule has 0 amide bonds. The summed E-state index contributed by atoms with van der Waals surface area (Å²) in [5.74, 6) is 1.27. The van der Waals surface area contributed by atoms with Crippen LogP contribution in [-0.4, -0.2) is 44.4 Å². The molecule has 4 rings (SSSR count). The molecule has 104 valence electrons. The molecule has 1 aliphatic heterocycles. The standard InChI is InChI=1S/C15H19N5/c1-3-10-8-19(2)9-11(10)13-6-17-14-7-18-15-12(20(13)14)4-5-16-15/h4-7,10-11,16H,3,8-9H2,1-2H3. The minimum Gasteiger partial charge on any atom is -0.345 e. The molecule has 0 saturated carbocycles. The number of H-pyrrole nitrogens is 1. The highest BCUT2D eigenvalue weighted by molar-refractivity contribution is 5.74. The van der Waals surface area contributed by atoms with E-state index >= 15 is 0 Å². The average molecular weight is 269 g/mol. The second-order valence-corrected chi connectivity index (χ2v) is 5.84. The summed E-state index contributed by atoms with van der Waals surface area (Å²) in [5.41, 5.74) is 4.32. The van der Waals surface area contributed by atoms with Gasteiger partial charge in [-0.2, -0.15) is 0 Å². The molecule has 1 aliphatic rings. The Kier molecular flexibility index (Phi) is 2.57. The lowest BCUT2D eigenvalue weighted by atomic mass is 9.91. The Morgan fingerprint density at radius 2 is 2.20 bits per heavy atom. The number of fused-ring (bicyclic) bond motifs is 3. The number of hydrogen-bond acceptors (Lipinski definition) is 3. The third-order valence-corrected chi connectivity index (χ3v) is 4.60. The van der Waals surface area contributed by atoms with E-state index in [9.17, 15) is 0 Å². The number of hydrogen-bond donors (Lipinski definition) is 1. The molecular weight excluding hydrogens is 250 g/mol. The SMILES string of the molecule is CCC1CN(C)CC1c1cnc2cnc3[nH]ccc3n12. The van der Waals surface area contributed by atoms with Crippen LogP contribution in [0.1, 0.15) is 25.0 Å². The van der Waals surface area contributed by atoms with Gasteiger partial charge in [-0.25, -0.2) is 9.97 Å². The van der Waals surface area contributed by atoms with Crippen molar-refractivity contribution in [2.75, 3.05) is 20.1 Å². The number of aromatic amines is 1. The van der Waals surface area contributed by atoms with E-state index in [4.69, 9.17) is 0 Å². The summed E-state index contributed by atoms with van der Waals surface area (Å²) in [7, 11) is 2.21. The zero-order chi connectivity index (χ0) is 13.7. The third kappa shape index (κ3) is 1.59. The number of aromatic nitrogens is 4. The van der Waals surface area contributed by atoms with Crippen molar-refractivity contribution in [3.05, 3.63) is 30.4 Å². The number of likely N-dealkylation sites (N-methyl/N-ethyl adjacent to an activating group) is 1. The van der Waals surface area contributed by atoms with E-state index < -0.39 is 0 Å². The largest absolute Gasteiger partial charge is 0.345 e. The molecule has 2 atom stereocenters. The molecule has 0 radical (unpaired) electrons. The van der Waals surface area contributed by atoms with Crippen molar-refractivity contribution in [1.29, 1.82) is 0 Å². The summed E-state index contributed by atoms with van der Waals surface area (Å²) in [6.07, 6.45) is 7.04. The number of rotatable bonds is 2. The summed E-state index contributed by atoms with van der Waals surface area (Å²) in [6, 6.07) is 2.08. The van der Waals surface area contributed by atoms with E-state index in [0.29, 0.717) is 11.8 Å². The molecule has 3 aromatic rings. The maximum atomic E-state index is 4.55. The number of nitrogens with zero attached hydrogens (tertiary/aromatic N) is 4. The molecule has 2 unspecified atom stereocenters. The van der Waals surface area contributed by atoms with Crippen LogP contribution in [0.15, 0.2) is 24.7 Å². The maximum absolute atomic E-state index is 4.55. The predicted octanol–water partition coefficient (Wildman–Crippen LogP) is 2.27. The van der Waals surface area contributed by atoms with Gasteiger partial charge in [-0.1, -0.05) is 13.3 Å². The molecule has 3 aromatic heterocycles. The molecule has 1 N–H and O–H groups in total. The summed E-state index contributed by atoms with van der Waals surface area (Å²) in [4.78, 5) is 14.6. The fourth-order valence-electron chi connectivity index (χ4n) is 3.59. The fourth-order valence-corrected chi connectivity index (χ4v) is 3.59. The van der Waals surface area contributed by atoms with E-state index in [2.05, 4.69) is 44.3 Å². The molecule has 5 nitrogen and oxygen atoms in total. The van der Waals surface area contributed by atoms with E-state index in [-0.39, 0.29) is 0 Å². The van der Waals surface area contributed by atoms with Gasteiger partial charge in [0.1, 0.15) is 0 Å². The van der Waals surface area contributed by atoms with Gasteiger partial charge in [-0.3, -0.25) is 4.40 Å². The minimum absolute atomic E-state index is 0.556. The van der Waals surface area contributed by atoms with Crippen molar-refractivity contribution in [2.45, 2.75) is 19.3 Å². The van der Waals surface area contributed by atoms with Crippen LogP contribution in [0.2, 0.25) is 0 Å². The smallest absolute Gasteiger partial charge is 0.156 e. The third-order valence-electron chi connectivity index (χ3n) is 4.60. The average Bonchev–Trinajstić information content (AvgIpc) is 3.13. The number of nitrogens with one attached hydrogen (secondary N) is 1. The van der Waals surface area contributed by atoms with Gasteiger partial charge in [0, 0.05) is 37.1 Å². The van der Waals surface area contributed by atoms with E-state index in [0.717, 1.165) is 23.4 Å². The Hall–Kier alpha value is -1.88. The maximum Gasteiger partial charge on any atom is 0.156 e. The van der Waals surface area contributed by atoms with E-state index in [1.54, 1.807) is 0 Å². The molecule has 0 aromatic carbocycles. The zero-order valence-electron chi connectivity index (χ0n) is 11.9. The molecule has 1 saturated heterocycles. The number of likely N-dealkylation sites (tertiary alicyclic amines) is 1. The van der Waals surface area contributed by atoms with Crippen molar-refractivity contribution < 1.29 is 0 Å². The first kappa shape index (κ1) is 11.9. The lowest BCUT2D eigenvalue weighted by Crippen LogP contribution is -2.14. The van der Waals surface area contributed by atoms with Gasteiger partial charge >= 0.3 is 0 Å². The van der Waals surface area contributed by atoms with Crippen LogP contribution in [0.5, 0.6) is 0 Å². The van der Waals surface area contributed by atoms with Crippen LogP contribution in [0.25, 0.3) is 16.8 Å². The molecule has 0 aliphatic carbocycles. The molecular formula is C15H19N5. The van der Waals surface area contributed by atoms with Crippen LogP contribution in [0, 0.1) is 5.92 Å². The van der Waals surface area contributed by atoms with Crippen LogP contribution < -0.4 is 0 Å². The Morgan fingerprint density at radius 3 is 3.05 bits per heavy atom. The van der Waals surface area contributed by atoms with Gasteiger partial charge in [0.15, 0.2) is 11.3 Å². The molecule has 5 heteroatoms. The normalized spacial score (nSPS) is 24.1. The van der Waals surface area contributed by atoms with Gasteiger partial charge in [0.2, 0.25) is 0 Å². The van der Waals surface area contributed by atoms with Crippen LogP contribution >= 0.6 is 0 Å². The monoisotopic (exact) mass is 269 g/mol. The van der Waals surface area contributed by atoms with Gasteiger partial charge in [-0.15, -0.1) is 0 Å². The van der Waals surface area contributed by atoms with Crippen molar-refractivity contribution in [3.8, 4) is 0 Å². The highest BCUT2D eigenvalue weighted by Crippen LogP contribution is 2.34. The van der Waals surface area contributed by atoms with Crippen LogP contribution in [-0.2, 0) is 0 Å². The molecule has 0 spiro atoms. The second-order valence-electron chi connectivity index (χ2n) is 5.84. The molecule has 0 bridgehead atoms. The lowest BCUT2D eigenvalue weighted by Gasteiger charge is -2.16. The van der Waals surface area contributed by atoms with Crippen molar-refractivity contribution in [3.63, 3.8) is 0 Å². The van der Waals surface area contributed by atoms with E-state index in [1.807, 2.05) is 18.6 Å². The van der Waals surface area contributed by atoms with Crippen LogP contribution in [0.4, 0.5) is 0 Å². The topological polar surface area (TPSA) is 49.2 Å². The highest BCUT2D eigenvalue weighted by Gasteiger charge is 2.33. The van der Waals surface area contributed by atoms with E-state index in [1.165, 1.54) is 18.7 Å². The molecule has 1 fully saturated rings. The quantitative estimate of drug-likeness (QED) is 0.776.